The first-order chi connectivity index (χ1) is 7.44. The molecule has 1 saturated carbocycles. The lowest BCUT2D eigenvalue weighted by atomic mass is 9.63. The van der Waals surface area contributed by atoms with Gasteiger partial charge in [0.15, 0.2) is 0 Å². The highest BCUT2D eigenvalue weighted by Crippen LogP contribution is 2.44. The zero-order chi connectivity index (χ0) is 12.3. The number of ketones is 1. The van der Waals surface area contributed by atoms with E-state index in [1.54, 1.807) is 13.0 Å². The van der Waals surface area contributed by atoms with Gasteiger partial charge in [-0.1, -0.05) is 19.9 Å². The maximum Gasteiger partial charge on any atom is 0.310 e. The SMILES string of the molecule is C=C[C@@]1(C)CC(=O)C[C@@H](C)[C@@H]1C(=O)OCC. The maximum absolute atomic E-state index is 11.9. The van der Waals surface area contributed by atoms with Crippen molar-refractivity contribution in [1.29, 1.82) is 0 Å². The minimum Gasteiger partial charge on any atom is -0.466 e. The molecule has 0 radical (unpaired) electrons. The summed E-state index contributed by atoms with van der Waals surface area (Å²) in [5, 5.41) is 0. The van der Waals surface area contributed by atoms with Gasteiger partial charge in [-0.15, -0.1) is 6.58 Å². The molecule has 1 aliphatic rings. The summed E-state index contributed by atoms with van der Waals surface area (Å²) in [7, 11) is 0. The van der Waals surface area contributed by atoms with Crippen LogP contribution in [-0.4, -0.2) is 18.4 Å². The normalized spacial score (nSPS) is 34.6. The molecule has 0 amide bonds. The molecule has 0 spiro atoms. The lowest BCUT2D eigenvalue weighted by molar-refractivity contribution is -0.157. The van der Waals surface area contributed by atoms with Crippen molar-refractivity contribution >= 4 is 11.8 Å². The molecule has 0 saturated heterocycles. The van der Waals surface area contributed by atoms with Crippen LogP contribution in [0.2, 0.25) is 0 Å². The van der Waals surface area contributed by atoms with Gasteiger partial charge in [0.1, 0.15) is 5.78 Å². The molecule has 1 fully saturated rings. The number of Topliss-reactive ketones (excluding diaryl/α,β-unsaturated/α-hetero) is 1. The van der Waals surface area contributed by atoms with Crippen LogP contribution in [0.15, 0.2) is 12.7 Å². The van der Waals surface area contributed by atoms with E-state index < -0.39 is 5.41 Å². The number of esters is 1. The first-order valence-corrected chi connectivity index (χ1v) is 5.76. The fourth-order valence-corrected chi connectivity index (χ4v) is 2.67. The van der Waals surface area contributed by atoms with Gasteiger partial charge in [0, 0.05) is 18.3 Å². The Kier molecular flexibility index (Phi) is 3.89. The second-order valence-corrected chi connectivity index (χ2v) is 4.84. The lowest BCUT2D eigenvalue weighted by Crippen LogP contribution is -2.43. The zero-order valence-corrected chi connectivity index (χ0v) is 10.3. The summed E-state index contributed by atoms with van der Waals surface area (Å²) in [4.78, 5) is 23.5. The minimum atomic E-state index is -0.457. The van der Waals surface area contributed by atoms with E-state index in [9.17, 15) is 9.59 Å². The Hall–Kier alpha value is -1.12. The van der Waals surface area contributed by atoms with Crippen LogP contribution >= 0.6 is 0 Å². The third kappa shape index (κ3) is 2.34. The third-order valence-corrected chi connectivity index (χ3v) is 3.41. The van der Waals surface area contributed by atoms with E-state index in [1.807, 2.05) is 13.8 Å². The van der Waals surface area contributed by atoms with Gasteiger partial charge in [-0.2, -0.15) is 0 Å². The first kappa shape index (κ1) is 12.9. The van der Waals surface area contributed by atoms with Gasteiger partial charge in [-0.05, 0) is 12.8 Å². The summed E-state index contributed by atoms with van der Waals surface area (Å²) in [6.07, 6.45) is 2.58. The molecule has 3 atom stereocenters. The second-order valence-electron chi connectivity index (χ2n) is 4.84. The summed E-state index contributed by atoms with van der Waals surface area (Å²) in [6, 6.07) is 0. The smallest absolute Gasteiger partial charge is 0.310 e. The van der Waals surface area contributed by atoms with Gasteiger partial charge in [0.25, 0.3) is 0 Å². The summed E-state index contributed by atoms with van der Waals surface area (Å²) in [5.74, 6) is -0.216. The van der Waals surface area contributed by atoms with Crippen molar-refractivity contribution < 1.29 is 14.3 Å². The van der Waals surface area contributed by atoms with Crippen molar-refractivity contribution in [3.05, 3.63) is 12.7 Å². The molecular formula is C13H20O3. The van der Waals surface area contributed by atoms with Crippen LogP contribution in [0.5, 0.6) is 0 Å². The molecule has 0 aromatic carbocycles. The van der Waals surface area contributed by atoms with Crippen molar-refractivity contribution in [2.24, 2.45) is 17.3 Å². The Morgan fingerprint density at radius 3 is 2.81 bits per heavy atom. The molecule has 0 N–H and O–H groups in total. The molecule has 90 valence electrons. The average Bonchev–Trinajstić information content (AvgIpc) is 2.16. The fraction of sp³-hybridized carbons (Fsp3) is 0.692. The summed E-state index contributed by atoms with van der Waals surface area (Å²) < 4.78 is 5.09. The summed E-state index contributed by atoms with van der Waals surface area (Å²) in [6.45, 7) is 9.77. The fourth-order valence-electron chi connectivity index (χ4n) is 2.67. The Morgan fingerprint density at radius 1 is 1.69 bits per heavy atom. The van der Waals surface area contributed by atoms with Crippen LogP contribution in [0, 0.1) is 17.3 Å². The monoisotopic (exact) mass is 224 g/mol. The Balaban J connectivity index is 2.96. The highest BCUT2D eigenvalue weighted by Gasteiger charge is 2.46. The number of carbonyl (C=O) groups excluding carboxylic acids is 2. The van der Waals surface area contributed by atoms with Gasteiger partial charge >= 0.3 is 5.97 Å². The first-order valence-electron chi connectivity index (χ1n) is 5.76. The summed E-state index contributed by atoms with van der Waals surface area (Å²) >= 11 is 0. The molecule has 0 bridgehead atoms. The van der Waals surface area contributed by atoms with Crippen molar-refractivity contribution in [3.63, 3.8) is 0 Å². The van der Waals surface area contributed by atoms with Crippen LogP contribution in [0.25, 0.3) is 0 Å². The molecule has 1 rings (SSSR count). The van der Waals surface area contributed by atoms with E-state index in [1.165, 1.54) is 0 Å². The standard InChI is InChI=1S/C13H20O3/c1-5-13(4)8-10(14)7-9(3)11(13)12(15)16-6-2/h5,9,11H,1,6-8H2,2-4H3/t9-,11-,13+/m1/s1. The van der Waals surface area contributed by atoms with Crippen molar-refractivity contribution in [1.82, 2.24) is 0 Å². The van der Waals surface area contributed by atoms with E-state index >= 15 is 0 Å². The molecule has 0 heterocycles. The molecule has 0 aliphatic heterocycles. The number of hydrogen-bond donors (Lipinski definition) is 0. The van der Waals surface area contributed by atoms with Gasteiger partial charge in [0.2, 0.25) is 0 Å². The Morgan fingerprint density at radius 2 is 2.31 bits per heavy atom. The van der Waals surface area contributed by atoms with Gasteiger partial charge in [-0.3, -0.25) is 9.59 Å². The van der Waals surface area contributed by atoms with Crippen molar-refractivity contribution in [2.45, 2.75) is 33.6 Å². The molecule has 0 unspecified atom stereocenters. The molecule has 0 aromatic rings. The molecule has 3 nitrogen and oxygen atoms in total. The van der Waals surface area contributed by atoms with Crippen molar-refractivity contribution in [3.8, 4) is 0 Å². The topological polar surface area (TPSA) is 43.4 Å². The predicted molar refractivity (Wildman–Crippen MR) is 61.8 cm³/mol. The van der Waals surface area contributed by atoms with E-state index in [0.717, 1.165) is 0 Å². The van der Waals surface area contributed by atoms with Crippen LogP contribution < -0.4 is 0 Å². The molecular weight excluding hydrogens is 204 g/mol. The number of hydrogen-bond acceptors (Lipinski definition) is 3. The molecule has 3 heteroatoms. The maximum atomic E-state index is 11.9. The largest absolute Gasteiger partial charge is 0.466 e. The number of allylic oxidation sites excluding steroid dienone is 1. The molecule has 16 heavy (non-hydrogen) atoms. The Bertz CT molecular complexity index is 308. The predicted octanol–water partition coefficient (Wildman–Crippen LogP) is 2.36. The summed E-state index contributed by atoms with van der Waals surface area (Å²) in [5.41, 5.74) is -0.457. The minimum absolute atomic E-state index is 0.0308. The van der Waals surface area contributed by atoms with Crippen LogP contribution in [0.1, 0.15) is 33.6 Å². The van der Waals surface area contributed by atoms with Gasteiger partial charge in [-0.25, -0.2) is 0 Å². The lowest BCUT2D eigenvalue weighted by Gasteiger charge is -2.40. The number of ether oxygens (including phenoxy) is 1. The van der Waals surface area contributed by atoms with Crippen LogP contribution in [-0.2, 0) is 14.3 Å². The average molecular weight is 224 g/mol. The quantitative estimate of drug-likeness (QED) is 0.546. The molecule has 0 aromatic heterocycles. The number of carbonyl (C=O) groups is 2. The van der Waals surface area contributed by atoms with Gasteiger partial charge < -0.3 is 4.74 Å². The van der Waals surface area contributed by atoms with E-state index in [4.69, 9.17) is 4.74 Å². The Labute approximate surface area is 96.9 Å². The van der Waals surface area contributed by atoms with Crippen LogP contribution in [0.3, 0.4) is 0 Å². The van der Waals surface area contributed by atoms with E-state index in [-0.39, 0.29) is 23.6 Å². The van der Waals surface area contributed by atoms with Crippen LogP contribution in [0.4, 0.5) is 0 Å². The van der Waals surface area contributed by atoms with Gasteiger partial charge in [0.05, 0.1) is 12.5 Å². The van der Waals surface area contributed by atoms with Crippen molar-refractivity contribution in [2.75, 3.05) is 6.61 Å². The van der Waals surface area contributed by atoms with E-state index in [0.29, 0.717) is 19.4 Å². The molecule has 1 aliphatic carbocycles. The zero-order valence-electron chi connectivity index (χ0n) is 10.3. The highest BCUT2D eigenvalue weighted by atomic mass is 16.5. The highest BCUT2D eigenvalue weighted by molar-refractivity contribution is 5.85. The number of rotatable bonds is 3. The third-order valence-electron chi connectivity index (χ3n) is 3.41. The second kappa shape index (κ2) is 4.81. The van der Waals surface area contributed by atoms with E-state index in [2.05, 4.69) is 6.58 Å².